The molecule has 1 aliphatic heterocycles. The Bertz CT molecular complexity index is 1070. The van der Waals surface area contributed by atoms with Crippen molar-refractivity contribution in [2.45, 2.75) is 32.2 Å². The van der Waals surface area contributed by atoms with Crippen LogP contribution < -0.4 is 11.1 Å². The van der Waals surface area contributed by atoms with E-state index in [1.54, 1.807) is 12.3 Å². The van der Waals surface area contributed by atoms with Crippen LogP contribution in [0, 0.1) is 5.82 Å². The molecule has 2 aromatic carbocycles. The van der Waals surface area contributed by atoms with Gasteiger partial charge in [-0.1, -0.05) is 24.3 Å². The van der Waals surface area contributed by atoms with Crippen LogP contribution in [0.25, 0.3) is 11.1 Å². The molecule has 4 rings (SSSR count). The number of halogens is 1. The van der Waals surface area contributed by atoms with Crippen molar-refractivity contribution < 1.29 is 9.18 Å². The highest BCUT2D eigenvalue weighted by Crippen LogP contribution is 2.34. The molecule has 0 aliphatic carbocycles. The zero-order valence-electron chi connectivity index (χ0n) is 17.5. The summed E-state index contributed by atoms with van der Waals surface area (Å²) >= 11 is 0. The quantitative estimate of drug-likeness (QED) is 0.647. The maximum absolute atomic E-state index is 13.8. The Balaban J connectivity index is 1.52. The number of nitrogen functional groups attached to an aromatic ring is 1. The van der Waals surface area contributed by atoms with Gasteiger partial charge in [0.25, 0.3) is 0 Å². The van der Waals surface area contributed by atoms with Crippen molar-refractivity contribution in [2.24, 2.45) is 0 Å². The van der Waals surface area contributed by atoms with Crippen LogP contribution in [0.3, 0.4) is 0 Å². The maximum atomic E-state index is 13.8. The number of piperidine rings is 1. The van der Waals surface area contributed by atoms with Crippen LogP contribution in [0.1, 0.15) is 36.9 Å². The highest BCUT2D eigenvalue weighted by atomic mass is 19.1. The largest absolute Gasteiger partial charge is 0.368 e. The number of aromatic nitrogens is 2. The number of nitrogens with one attached hydrogen (secondary N) is 1. The van der Waals surface area contributed by atoms with Gasteiger partial charge in [-0.3, -0.25) is 9.69 Å². The number of nitrogens with two attached hydrogens (primary N) is 1. The van der Waals surface area contributed by atoms with Crippen molar-refractivity contribution >= 4 is 17.5 Å². The standard InChI is InChI=1S/C24H26FN5O/c1-16(31)28-21-9-7-17(8-10-21)14-30-11-3-5-19(15-30)23-22(13-27-24(26)29-23)18-4-2-6-20(25)12-18/h2,4,6-10,12-13,19H,3,5,11,14-15H2,1H3,(H,28,31)(H2,26,27,29)/t19-/m1/s1. The summed E-state index contributed by atoms with van der Waals surface area (Å²) in [5.41, 5.74) is 10.4. The van der Waals surface area contributed by atoms with E-state index >= 15 is 0 Å². The smallest absolute Gasteiger partial charge is 0.221 e. The molecule has 1 atom stereocenters. The van der Waals surface area contributed by atoms with Gasteiger partial charge in [0.15, 0.2) is 0 Å². The Morgan fingerprint density at radius 1 is 1.26 bits per heavy atom. The average Bonchev–Trinajstić information content (AvgIpc) is 2.75. The summed E-state index contributed by atoms with van der Waals surface area (Å²) in [7, 11) is 0. The number of benzene rings is 2. The molecule has 7 heteroatoms. The second kappa shape index (κ2) is 9.22. The van der Waals surface area contributed by atoms with Crippen molar-refractivity contribution in [1.82, 2.24) is 14.9 Å². The van der Waals surface area contributed by atoms with Crippen molar-refractivity contribution in [3.63, 3.8) is 0 Å². The van der Waals surface area contributed by atoms with E-state index in [9.17, 15) is 9.18 Å². The predicted molar refractivity (Wildman–Crippen MR) is 120 cm³/mol. The monoisotopic (exact) mass is 419 g/mol. The second-order valence-electron chi connectivity index (χ2n) is 7.99. The fourth-order valence-corrected chi connectivity index (χ4v) is 4.18. The summed E-state index contributed by atoms with van der Waals surface area (Å²) in [6.07, 6.45) is 3.74. The van der Waals surface area contributed by atoms with Crippen molar-refractivity contribution in [3.05, 3.63) is 71.8 Å². The van der Waals surface area contributed by atoms with Gasteiger partial charge < -0.3 is 11.1 Å². The summed E-state index contributed by atoms with van der Waals surface area (Å²) in [5, 5.41) is 2.79. The molecule has 1 amide bonds. The Morgan fingerprint density at radius 2 is 2.06 bits per heavy atom. The van der Waals surface area contributed by atoms with E-state index in [-0.39, 0.29) is 23.6 Å². The number of carbonyl (C=O) groups is 1. The first kappa shape index (κ1) is 20.9. The molecular weight excluding hydrogens is 393 g/mol. The molecule has 31 heavy (non-hydrogen) atoms. The number of likely N-dealkylation sites (tertiary alicyclic amines) is 1. The minimum absolute atomic E-state index is 0.0788. The Kier molecular flexibility index (Phi) is 6.23. The normalized spacial score (nSPS) is 16.8. The van der Waals surface area contributed by atoms with Crippen molar-refractivity contribution in [2.75, 3.05) is 24.1 Å². The van der Waals surface area contributed by atoms with Crippen LogP contribution in [0.15, 0.2) is 54.7 Å². The lowest BCUT2D eigenvalue weighted by molar-refractivity contribution is -0.114. The number of rotatable bonds is 5. The van der Waals surface area contributed by atoms with E-state index in [0.29, 0.717) is 0 Å². The molecular formula is C24H26FN5O. The third kappa shape index (κ3) is 5.24. The zero-order chi connectivity index (χ0) is 21.8. The van der Waals surface area contributed by atoms with Gasteiger partial charge in [-0.2, -0.15) is 0 Å². The third-order valence-corrected chi connectivity index (χ3v) is 5.55. The van der Waals surface area contributed by atoms with Gasteiger partial charge in [-0.05, 0) is 54.8 Å². The average molecular weight is 420 g/mol. The van der Waals surface area contributed by atoms with E-state index in [0.717, 1.165) is 55.0 Å². The lowest BCUT2D eigenvalue weighted by atomic mass is 9.89. The molecule has 0 radical (unpaired) electrons. The van der Waals surface area contributed by atoms with Crippen LogP contribution >= 0.6 is 0 Å². The zero-order valence-corrected chi connectivity index (χ0v) is 17.5. The summed E-state index contributed by atoms with van der Waals surface area (Å²) in [6.45, 7) is 4.15. The van der Waals surface area contributed by atoms with Gasteiger partial charge >= 0.3 is 0 Å². The molecule has 1 aliphatic rings. The molecule has 2 heterocycles. The molecule has 6 nitrogen and oxygen atoms in total. The number of carbonyl (C=O) groups excluding carboxylic acids is 1. The van der Waals surface area contributed by atoms with E-state index < -0.39 is 0 Å². The topological polar surface area (TPSA) is 84.1 Å². The van der Waals surface area contributed by atoms with Crippen LogP contribution in [-0.4, -0.2) is 33.9 Å². The molecule has 1 aromatic heterocycles. The Labute approximate surface area is 181 Å². The number of amides is 1. The molecule has 1 saturated heterocycles. The molecule has 0 spiro atoms. The van der Waals surface area contributed by atoms with Gasteiger partial charge in [0, 0.05) is 43.4 Å². The fourth-order valence-electron chi connectivity index (χ4n) is 4.18. The van der Waals surface area contributed by atoms with E-state index in [2.05, 4.69) is 20.2 Å². The molecule has 3 aromatic rings. The van der Waals surface area contributed by atoms with Gasteiger partial charge in [0.2, 0.25) is 11.9 Å². The van der Waals surface area contributed by atoms with Crippen LogP contribution in [0.4, 0.5) is 16.0 Å². The van der Waals surface area contributed by atoms with E-state index in [1.807, 2.05) is 30.3 Å². The van der Waals surface area contributed by atoms with Gasteiger partial charge in [0.1, 0.15) is 5.82 Å². The number of nitrogens with zero attached hydrogens (tertiary/aromatic N) is 3. The number of hydrogen-bond acceptors (Lipinski definition) is 5. The Hall–Kier alpha value is -3.32. The molecule has 1 fully saturated rings. The molecule has 0 bridgehead atoms. The lowest BCUT2D eigenvalue weighted by Gasteiger charge is -2.33. The summed E-state index contributed by atoms with van der Waals surface area (Å²) in [4.78, 5) is 22.3. The second-order valence-corrected chi connectivity index (χ2v) is 7.99. The highest BCUT2D eigenvalue weighted by Gasteiger charge is 2.25. The molecule has 3 N–H and O–H groups in total. The molecule has 0 saturated carbocycles. The summed E-state index contributed by atoms with van der Waals surface area (Å²) in [5.74, 6) is 0.0647. The van der Waals surface area contributed by atoms with Crippen molar-refractivity contribution in [3.8, 4) is 11.1 Å². The van der Waals surface area contributed by atoms with Gasteiger partial charge in [-0.15, -0.1) is 0 Å². The van der Waals surface area contributed by atoms with E-state index in [1.165, 1.54) is 24.6 Å². The minimum Gasteiger partial charge on any atom is -0.368 e. The van der Waals surface area contributed by atoms with E-state index in [4.69, 9.17) is 5.73 Å². The first-order valence-electron chi connectivity index (χ1n) is 10.4. The number of hydrogen-bond donors (Lipinski definition) is 2. The SMILES string of the molecule is CC(=O)Nc1ccc(CN2CCC[C@@H](c3nc(N)ncc3-c3cccc(F)c3)C2)cc1. The first-order valence-corrected chi connectivity index (χ1v) is 10.4. The van der Waals surface area contributed by atoms with Gasteiger partial charge in [0.05, 0.1) is 5.69 Å². The Morgan fingerprint density at radius 3 is 2.81 bits per heavy atom. The van der Waals surface area contributed by atoms with Crippen LogP contribution in [0.2, 0.25) is 0 Å². The molecule has 160 valence electrons. The minimum atomic E-state index is -0.284. The maximum Gasteiger partial charge on any atom is 0.221 e. The van der Waals surface area contributed by atoms with Crippen molar-refractivity contribution in [1.29, 1.82) is 0 Å². The first-order chi connectivity index (χ1) is 15.0. The van der Waals surface area contributed by atoms with Gasteiger partial charge in [-0.25, -0.2) is 14.4 Å². The third-order valence-electron chi connectivity index (χ3n) is 5.55. The summed E-state index contributed by atoms with van der Waals surface area (Å²) < 4.78 is 13.8. The highest BCUT2D eigenvalue weighted by molar-refractivity contribution is 5.88. The van der Waals surface area contributed by atoms with Crippen LogP contribution in [-0.2, 0) is 11.3 Å². The fraction of sp³-hybridized carbons (Fsp3) is 0.292. The lowest BCUT2D eigenvalue weighted by Crippen LogP contribution is -2.34. The van der Waals surface area contributed by atoms with Crippen LogP contribution in [0.5, 0.6) is 0 Å². The predicted octanol–water partition coefficient (Wildman–Crippen LogP) is 4.20. The molecule has 0 unspecified atom stereocenters. The summed E-state index contributed by atoms with van der Waals surface area (Å²) in [6, 6.07) is 14.4. The number of anilines is 2.